The van der Waals surface area contributed by atoms with E-state index in [2.05, 4.69) is 0 Å². The van der Waals surface area contributed by atoms with E-state index in [-0.39, 0.29) is 17.8 Å². The first kappa shape index (κ1) is 21.1. The molecule has 0 fully saturated rings. The molecule has 0 N–H and O–H groups in total. The van der Waals surface area contributed by atoms with Crippen LogP contribution in [-0.4, -0.2) is 0 Å². The number of ether oxygens (including phenoxy) is 1. The molecule has 0 atom stereocenters. The van der Waals surface area contributed by atoms with Crippen LogP contribution < -0.4 is 10.2 Å². The molecule has 7 heteroatoms. The highest BCUT2D eigenvalue weighted by Gasteiger charge is 2.19. The second-order valence-electron chi connectivity index (χ2n) is 6.72. The third kappa shape index (κ3) is 4.17. The van der Waals surface area contributed by atoms with Crippen molar-refractivity contribution >= 4 is 57.4 Å². The average Bonchev–Trinajstić information content (AvgIpc) is 2.70. The number of fused-ring (bicyclic) bond motifs is 1. The van der Waals surface area contributed by atoms with Crippen molar-refractivity contribution in [2.45, 2.75) is 13.5 Å². The maximum absolute atomic E-state index is 13.3. The zero-order valence-corrected chi connectivity index (χ0v) is 18.7. The molecule has 0 aliphatic carbocycles. The highest BCUT2D eigenvalue weighted by atomic mass is 35.5. The van der Waals surface area contributed by atoms with Gasteiger partial charge in [-0.1, -0.05) is 52.5 Å². The summed E-state index contributed by atoms with van der Waals surface area (Å²) < 4.78 is 12.0. The third-order valence-electron chi connectivity index (χ3n) is 4.62. The van der Waals surface area contributed by atoms with Crippen LogP contribution in [0.3, 0.4) is 0 Å². The van der Waals surface area contributed by atoms with E-state index < -0.39 is 0 Å². The first-order valence-corrected chi connectivity index (χ1v) is 10.4. The molecule has 4 rings (SSSR count). The summed E-state index contributed by atoms with van der Waals surface area (Å²) in [5.41, 5.74) is 2.24. The van der Waals surface area contributed by atoms with Crippen molar-refractivity contribution in [1.29, 1.82) is 0 Å². The van der Waals surface area contributed by atoms with Gasteiger partial charge in [-0.25, -0.2) is 0 Å². The summed E-state index contributed by atoms with van der Waals surface area (Å²) in [5, 5.41) is 2.33. The highest BCUT2D eigenvalue weighted by molar-refractivity contribution is 6.35. The third-order valence-corrected chi connectivity index (χ3v) is 5.87. The molecule has 1 heterocycles. The van der Waals surface area contributed by atoms with Crippen molar-refractivity contribution in [3.05, 3.63) is 96.0 Å². The Labute approximate surface area is 192 Å². The van der Waals surface area contributed by atoms with Gasteiger partial charge in [-0.2, -0.15) is 0 Å². The molecular formula is C23H14Cl4O3. The minimum absolute atomic E-state index is 0.0620. The van der Waals surface area contributed by atoms with Gasteiger partial charge >= 0.3 is 0 Å². The van der Waals surface area contributed by atoms with Crippen LogP contribution in [0.2, 0.25) is 20.1 Å². The molecule has 0 unspecified atom stereocenters. The van der Waals surface area contributed by atoms with Gasteiger partial charge < -0.3 is 9.15 Å². The quantitative estimate of drug-likeness (QED) is 0.298. The Kier molecular flexibility index (Phi) is 5.99. The van der Waals surface area contributed by atoms with Gasteiger partial charge in [0.05, 0.1) is 5.39 Å². The Hall–Kier alpha value is -2.17. The molecule has 0 radical (unpaired) electrons. The predicted octanol–water partition coefficient (Wildman–Crippen LogP) is 7.96. The van der Waals surface area contributed by atoms with E-state index in [1.165, 1.54) is 0 Å². The smallest absolute Gasteiger partial charge is 0.235 e. The minimum Gasteiger partial charge on any atom is -0.481 e. The summed E-state index contributed by atoms with van der Waals surface area (Å²) >= 11 is 24.4. The fourth-order valence-electron chi connectivity index (χ4n) is 3.01. The Morgan fingerprint density at radius 1 is 0.867 bits per heavy atom. The molecule has 0 spiro atoms. The molecule has 0 amide bonds. The molecule has 30 heavy (non-hydrogen) atoms. The molecular weight excluding hydrogens is 466 g/mol. The van der Waals surface area contributed by atoms with E-state index in [0.29, 0.717) is 47.9 Å². The normalized spacial score (nSPS) is 11.1. The lowest BCUT2D eigenvalue weighted by Crippen LogP contribution is -2.10. The number of hydrogen-bond acceptors (Lipinski definition) is 3. The monoisotopic (exact) mass is 478 g/mol. The maximum atomic E-state index is 13.3. The number of halogens is 4. The summed E-state index contributed by atoms with van der Waals surface area (Å²) in [7, 11) is 0. The van der Waals surface area contributed by atoms with Crippen molar-refractivity contribution in [3.8, 4) is 17.1 Å². The molecule has 152 valence electrons. The second kappa shape index (κ2) is 8.52. The fraction of sp³-hybridized carbons (Fsp3) is 0.0870. The van der Waals surface area contributed by atoms with Crippen molar-refractivity contribution in [2.75, 3.05) is 0 Å². The van der Waals surface area contributed by atoms with Gasteiger partial charge in [0.25, 0.3) is 0 Å². The molecule has 3 nitrogen and oxygen atoms in total. The summed E-state index contributed by atoms with van der Waals surface area (Å²) in [6, 6.07) is 15.3. The molecule has 1 aromatic heterocycles. The Morgan fingerprint density at radius 3 is 2.27 bits per heavy atom. The Balaban J connectivity index is 1.87. The van der Waals surface area contributed by atoms with Crippen molar-refractivity contribution in [1.82, 2.24) is 0 Å². The van der Waals surface area contributed by atoms with Crippen LogP contribution in [-0.2, 0) is 6.61 Å². The van der Waals surface area contributed by atoms with E-state index in [9.17, 15) is 4.79 Å². The van der Waals surface area contributed by atoms with Crippen LogP contribution in [0.4, 0.5) is 0 Å². The Bertz CT molecular complexity index is 1310. The van der Waals surface area contributed by atoms with Crippen LogP contribution in [0.25, 0.3) is 22.3 Å². The number of rotatable bonds is 4. The van der Waals surface area contributed by atoms with Gasteiger partial charge in [0.15, 0.2) is 5.76 Å². The largest absolute Gasteiger partial charge is 0.481 e. The van der Waals surface area contributed by atoms with Gasteiger partial charge in [-0.15, -0.1) is 0 Å². The lowest BCUT2D eigenvalue weighted by Gasteiger charge is -2.13. The molecule has 0 saturated heterocycles. The molecule has 0 bridgehead atoms. The second-order valence-corrected chi connectivity index (χ2v) is 8.41. The van der Waals surface area contributed by atoms with E-state index in [4.69, 9.17) is 55.6 Å². The van der Waals surface area contributed by atoms with Crippen LogP contribution in [0, 0.1) is 6.92 Å². The van der Waals surface area contributed by atoms with Crippen molar-refractivity contribution < 1.29 is 9.15 Å². The molecule has 0 saturated carbocycles. The average molecular weight is 480 g/mol. The summed E-state index contributed by atoms with van der Waals surface area (Å²) in [6.07, 6.45) is 0. The first-order valence-electron chi connectivity index (χ1n) is 8.93. The van der Waals surface area contributed by atoms with E-state index in [0.717, 1.165) is 5.56 Å². The molecule has 3 aromatic carbocycles. The van der Waals surface area contributed by atoms with Crippen LogP contribution in [0.5, 0.6) is 5.75 Å². The summed E-state index contributed by atoms with van der Waals surface area (Å²) in [5.74, 6) is 0.367. The van der Waals surface area contributed by atoms with Crippen LogP contribution in [0.1, 0.15) is 11.1 Å². The predicted molar refractivity (Wildman–Crippen MR) is 123 cm³/mol. The topological polar surface area (TPSA) is 39.4 Å². The number of hydrogen-bond donors (Lipinski definition) is 0. The molecule has 0 aliphatic rings. The first-order chi connectivity index (χ1) is 14.3. The van der Waals surface area contributed by atoms with Gasteiger partial charge in [-0.3, -0.25) is 4.79 Å². The van der Waals surface area contributed by atoms with Gasteiger partial charge in [0.2, 0.25) is 11.2 Å². The van der Waals surface area contributed by atoms with E-state index in [1.54, 1.807) is 54.6 Å². The molecule has 4 aromatic rings. The summed E-state index contributed by atoms with van der Waals surface area (Å²) in [6.45, 7) is 1.91. The minimum atomic E-state index is -0.326. The zero-order valence-electron chi connectivity index (χ0n) is 15.6. The summed E-state index contributed by atoms with van der Waals surface area (Å²) in [4.78, 5) is 13.3. The number of benzene rings is 3. The number of aryl methyl sites for hydroxylation is 1. The SMILES string of the molecule is Cc1cc2oc(-c3ccc(Cl)cc3)c(OCc3ccc(Cl)cc3Cl)c(=O)c2cc1Cl. The van der Waals surface area contributed by atoms with Crippen LogP contribution >= 0.6 is 46.4 Å². The maximum Gasteiger partial charge on any atom is 0.235 e. The van der Waals surface area contributed by atoms with E-state index >= 15 is 0 Å². The van der Waals surface area contributed by atoms with Gasteiger partial charge in [0, 0.05) is 31.2 Å². The lowest BCUT2D eigenvalue weighted by atomic mass is 10.1. The highest BCUT2D eigenvalue weighted by Crippen LogP contribution is 2.34. The van der Waals surface area contributed by atoms with Gasteiger partial charge in [-0.05, 0) is 61.0 Å². The van der Waals surface area contributed by atoms with E-state index in [1.807, 2.05) is 6.92 Å². The van der Waals surface area contributed by atoms with Crippen molar-refractivity contribution in [3.63, 3.8) is 0 Å². The van der Waals surface area contributed by atoms with Crippen molar-refractivity contribution in [2.24, 2.45) is 0 Å². The standard InChI is InChI=1S/C23H14Cl4O3/c1-12-8-20-17(10-18(12)26)21(28)23(22(30-20)13-2-5-15(24)6-3-13)29-11-14-4-7-16(25)9-19(14)27/h2-10H,11H2,1H3. The van der Waals surface area contributed by atoms with Crippen LogP contribution in [0.15, 0.2) is 63.8 Å². The lowest BCUT2D eigenvalue weighted by molar-refractivity contribution is 0.298. The Morgan fingerprint density at radius 2 is 1.57 bits per heavy atom. The fourth-order valence-corrected chi connectivity index (χ4v) is 3.76. The van der Waals surface area contributed by atoms with Gasteiger partial charge in [0.1, 0.15) is 12.2 Å². The molecule has 0 aliphatic heterocycles. The zero-order chi connectivity index (χ0) is 21.4.